The Morgan fingerprint density at radius 1 is 1.21 bits per heavy atom. The molecule has 0 spiro atoms. The number of ether oxygens (including phenoxy) is 1. The number of aromatic nitrogens is 1. The minimum Gasteiger partial charge on any atom is -0.462 e. The van der Waals surface area contributed by atoms with E-state index in [2.05, 4.69) is 4.98 Å². The van der Waals surface area contributed by atoms with Gasteiger partial charge in [-0.1, -0.05) is 6.07 Å². The quantitative estimate of drug-likeness (QED) is 0.804. The number of pyridine rings is 1. The molecule has 1 atom stereocenters. The lowest BCUT2D eigenvalue weighted by atomic mass is 10.2. The van der Waals surface area contributed by atoms with Crippen LogP contribution in [0, 0.1) is 0 Å². The lowest BCUT2D eigenvalue weighted by molar-refractivity contribution is 0.0526. The van der Waals surface area contributed by atoms with Gasteiger partial charge in [0.2, 0.25) is 0 Å². The summed E-state index contributed by atoms with van der Waals surface area (Å²) in [5.41, 5.74) is 0.448. The highest BCUT2D eigenvalue weighted by molar-refractivity contribution is 7.85. The van der Waals surface area contributed by atoms with Gasteiger partial charge in [-0.15, -0.1) is 0 Å². The molecule has 0 bridgehead atoms. The number of nitrogens with zero attached hydrogens (tertiary/aromatic N) is 1. The first-order valence-corrected chi connectivity index (χ1v) is 6.97. The van der Waals surface area contributed by atoms with E-state index >= 15 is 0 Å². The largest absolute Gasteiger partial charge is 0.462 e. The van der Waals surface area contributed by atoms with Gasteiger partial charge in [-0.2, -0.15) is 0 Å². The number of carbonyl (C=O) groups excluding carboxylic acids is 1. The second-order valence-corrected chi connectivity index (χ2v) is 5.11. The van der Waals surface area contributed by atoms with Crippen LogP contribution in [-0.2, 0) is 15.5 Å². The molecule has 0 amide bonds. The first kappa shape index (κ1) is 13.4. The maximum atomic E-state index is 12.2. The highest BCUT2D eigenvalue weighted by Gasteiger charge is 2.10. The van der Waals surface area contributed by atoms with Crippen molar-refractivity contribution >= 4 is 16.8 Å². The van der Waals surface area contributed by atoms with Gasteiger partial charge in [-0.25, -0.2) is 14.0 Å². The predicted molar refractivity (Wildman–Crippen MR) is 71.3 cm³/mol. The Kier molecular flexibility index (Phi) is 4.41. The van der Waals surface area contributed by atoms with E-state index in [1.54, 1.807) is 55.6 Å². The van der Waals surface area contributed by atoms with Crippen LogP contribution in [0.1, 0.15) is 17.3 Å². The van der Waals surface area contributed by atoms with Gasteiger partial charge in [0.15, 0.2) is 0 Å². The standard InChI is InChI=1S/C14H13NO3S/c1-2-18-14(16)11-6-8-12(9-7-11)19(17)13-5-3-4-10-15-13/h3-10H,2H2,1H3. The van der Waals surface area contributed by atoms with Crippen molar-refractivity contribution in [1.29, 1.82) is 0 Å². The molecular formula is C14H13NO3S. The van der Waals surface area contributed by atoms with E-state index in [1.807, 2.05) is 0 Å². The minimum atomic E-state index is -1.34. The Balaban J connectivity index is 2.19. The molecule has 1 aromatic carbocycles. The maximum absolute atomic E-state index is 12.2. The predicted octanol–water partition coefficient (Wildman–Crippen LogP) is 2.43. The molecule has 2 aromatic rings. The fraction of sp³-hybridized carbons (Fsp3) is 0.143. The molecule has 0 radical (unpaired) electrons. The third kappa shape index (κ3) is 3.26. The van der Waals surface area contributed by atoms with Crippen LogP contribution in [-0.4, -0.2) is 21.8 Å². The van der Waals surface area contributed by atoms with Crippen LogP contribution in [0.5, 0.6) is 0 Å². The van der Waals surface area contributed by atoms with Crippen molar-refractivity contribution in [2.45, 2.75) is 16.8 Å². The number of hydrogen-bond donors (Lipinski definition) is 0. The Morgan fingerprint density at radius 2 is 1.95 bits per heavy atom. The molecule has 19 heavy (non-hydrogen) atoms. The zero-order valence-corrected chi connectivity index (χ0v) is 11.2. The van der Waals surface area contributed by atoms with Crippen molar-refractivity contribution in [2.24, 2.45) is 0 Å². The molecule has 0 saturated carbocycles. The number of hydrogen-bond acceptors (Lipinski definition) is 4. The van der Waals surface area contributed by atoms with E-state index in [0.29, 0.717) is 22.1 Å². The monoisotopic (exact) mass is 275 g/mol. The van der Waals surface area contributed by atoms with E-state index in [9.17, 15) is 9.00 Å². The van der Waals surface area contributed by atoms with Gasteiger partial charge in [0.1, 0.15) is 15.8 Å². The lowest BCUT2D eigenvalue weighted by Gasteiger charge is -2.04. The fourth-order valence-corrected chi connectivity index (χ4v) is 2.49. The third-order valence-electron chi connectivity index (χ3n) is 2.41. The van der Waals surface area contributed by atoms with Gasteiger partial charge in [0, 0.05) is 11.1 Å². The van der Waals surface area contributed by atoms with Crippen LogP contribution in [0.4, 0.5) is 0 Å². The molecular weight excluding hydrogens is 262 g/mol. The Bertz CT molecular complexity index is 581. The molecule has 98 valence electrons. The second-order valence-electron chi connectivity index (χ2n) is 3.68. The Hall–Kier alpha value is -2.01. The van der Waals surface area contributed by atoms with Crippen molar-refractivity contribution < 1.29 is 13.7 Å². The van der Waals surface area contributed by atoms with E-state index in [0.717, 1.165) is 0 Å². The Morgan fingerprint density at radius 3 is 2.53 bits per heavy atom. The smallest absolute Gasteiger partial charge is 0.338 e. The molecule has 2 rings (SSSR count). The van der Waals surface area contributed by atoms with Gasteiger partial charge < -0.3 is 4.74 Å². The van der Waals surface area contributed by atoms with Crippen molar-refractivity contribution in [2.75, 3.05) is 6.61 Å². The van der Waals surface area contributed by atoms with Crippen LogP contribution in [0.15, 0.2) is 58.6 Å². The van der Waals surface area contributed by atoms with Crippen LogP contribution in [0.3, 0.4) is 0 Å². The molecule has 1 heterocycles. The van der Waals surface area contributed by atoms with E-state index < -0.39 is 10.8 Å². The summed E-state index contributed by atoms with van der Waals surface area (Å²) in [6, 6.07) is 11.8. The fourth-order valence-electron chi connectivity index (χ4n) is 1.51. The summed E-state index contributed by atoms with van der Waals surface area (Å²) in [5, 5.41) is 0.492. The molecule has 4 nitrogen and oxygen atoms in total. The van der Waals surface area contributed by atoms with Crippen molar-refractivity contribution in [1.82, 2.24) is 4.98 Å². The van der Waals surface area contributed by atoms with Gasteiger partial charge in [-0.05, 0) is 43.3 Å². The van der Waals surface area contributed by atoms with Crippen molar-refractivity contribution in [3.8, 4) is 0 Å². The molecule has 5 heteroatoms. The number of esters is 1. The van der Waals surface area contributed by atoms with Crippen molar-refractivity contribution in [3.05, 3.63) is 54.2 Å². The average Bonchev–Trinajstić information content (AvgIpc) is 2.48. The zero-order chi connectivity index (χ0) is 13.7. The normalized spacial score (nSPS) is 11.8. The van der Waals surface area contributed by atoms with E-state index in [-0.39, 0.29) is 5.97 Å². The molecule has 1 unspecified atom stereocenters. The van der Waals surface area contributed by atoms with E-state index in [1.165, 1.54) is 0 Å². The van der Waals surface area contributed by atoms with E-state index in [4.69, 9.17) is 4.74 Å². The highest BCUT2D eigenvalue weighted by Crippen LogP contribution is 2.15. The molecule has 0 aliphatic heterocycles. The summed E-state index contributed by atoms with van der Waals surface area (Å²) < 4.78 is 17.1. The highest BCUT2D eigenvalue weighted by atomic mass is 32.2. The Labute approximate surface area is 113 Å². The van der Waals surface area contributed by atoms with Gasteiger partial charge in [0.05, 0.1) is 12.2 Å². The summed E-state index contributed by atoms with van der Waals surface area (Å²) in [7, 11) is -1.34. The SMILES string of the molecule is CCOC(=O)c1ccc(S(=O)c2ccccn2)cc1. The summed E-state index contributed by atoms with van der Waals surface area (Å²) in [4.78, 5) is 16.1. The molecule has 1 aromatic heterocycles. The molecule has 0 fully saturated rings. The summed E-state index contributed by atoms with van der Waals surface area (Å²) >= 11 is 0. The third-order valence-corrected chi connectivity index (χ3v) is 3.73. The van der Waals surface area contributed by atoms with Gasteiger partial charge in [0.25, 0.3) is 0 Å². The van der Waals surface area contributed by atoms with Crippen LogP contribution in [0.2, 0.25) is 0 Å². The molecule has 0 saturated heterocycles. The minimum absolute atomic E-state index is 0.334. The molecule has 0 aliphatic rings. The first-order valence-electron chi connectivity index (χ1n) is 5.82. The van der Waals surface area contributed by atoms with Gasteiger partial charge >= 0.3 is 5.97 Å². The van der Waals surface area contributed by atoms with Crippen LogP contribution >= 0.6 is 0 Å². The number of rotatable bonds is 4. The maximum Gasteiger partial charge on any atom is 0.338 e. The molecule has 0 N–H and O–H groups in total. The van der Waals surface area contributed by atoms with Crippen molar-refractivity contribution in [3.63, 3.8) is 0 Å². The summed E-state index contributed by atoms with van der Waals surface area (Å²) in [5.74, 6) is -0.377. The number of carbonyl (C=O) groups is 1. The average molecular weight is 275 g/mol. The molecule has 0 aliphatic carbocycles. The topological polar surface area (TPSA) is 56.3 Å². The second kappa shape index (κ2) is 6.24. The summed E-state index contributed by atoms with van der Waals surface area (Å²) in [6.07, 6.45) is 1.60. The zero-order valence-electron chi connectivity index (χ0n) is 10.4. The first-order chi connectivity index (χ1) is 9.22. The summed E-state index contributed by atoms with van der Waals surface area (Å²) in [6.45, 7) is 2.09. The van der Waals surface area contributed by atoms with Gasteiger partial charge in [-0.3, -0.25) is 0 Å². The van der Waals surface area contributed by atoms with Crippen LogP contribution in [0.25, 0.3) is 0 Å². The number of benzene rings is 1. The lowest BCUT2D eigenvalue weighted by Crippen LogP contribution is -2.04. The van der Waals surface area contributed by atoms with Crippen LogP contribution < -0.4 is 0 Å².